The molecule has 0 atom stereocenters. The van der Waals surface area contributed by atoms with Crippen LogP contribution in [0, 0.1) is 0 Å². The molecule has 0 aliphatic carbocycles. The maximum atomic E-state index is 13.0. The third-order valence-electron chi connectivity index (χ3n) is 4.88. The lowest BCUT2D eigenvalue weighted by molar-refractivity contribution is -0.119. The molecule has 1 aromatic heterocycles. The highest BCUT2D eigenvalue weighted by molar-refractivity contribution is 7.89. The number of halogens is 1. The minimum Gasteiger partial charge on any atom is -0.452 e. The van der Waals surface area contributed by atoms with Crippen molar-refractivity contribution in [2.45, 2.75) is 31.3 Å². The molecule has 11 heteroatoms. The van der Waals surface area contributed by atoms with Crippen LogP contribution in [-0.4, -0.2) is 48.0 Å². The van der Waals surface area contributed by atoms with Crippen molar-refractivity contribution in [2.75, 3.05) is 19.0 Å². The van der Waals surface area contributed by atoms with Gasteiger partial charge in [0.05, 0.1) is 21.7 Å². The van der Waals surface area contributed by atoms with Crippen molar-refractivity contribution in [3.8, 4) is 0 Å². The third-order valence-corrected chi connectivity index (χ3v) is 7.00. The first kappa shape index (κ1) is 25.4. The summed E-state index contributed by atoms with van der Waals surface area (Å²) in [4.78, 5) is 24.7. The van der Waals surface area contributed by atoms with E-state index in [4.69, 9.17) is 16.3 Å². The van der Waals surface area contributed by atoms with E-state index in [0.717, 1.165) is 11.6 Å². The van der Waals surface area contributed by atoms with Gasteiger partial charge >= 0.3 is 5.97 Å². The van der Waals surface area contributed by atoms with Crippen LogP contribution in [0.15, 0.2) is 65.7 Å². The molecule has 180 valence electrons. The summed E-state index contributed by atoms with van der Waals surface area (Å²) >= 11 is 6.12. The maximum Gasteiger partial charge on any atom is 0.340 e. The molecule has 9 nitrogen and oxygen atoms in total. The lowest BCUT2D eigenvalue weighted by Crippen LogP contribution is -2.27. The van der Waals surface area contributed by atoms with E-state index in [0.29, 0.717) is 5.82 Å². The lowest BCUT2D eigenvalue weighted by Gasteiger charge is -2.18. The van der Waals surface area contributed by atoms with Crippen molar-refractivity contribution in [1.82, 2.24) is 14.1 Å². The Labute approximate surface area is 203 Å². The predicted molar refractivity (Wildman–Crippen MR) is 128 cm³/mol. The number of esters is 1. The van der Waals surface area contributed by atoms with Gasteiger partial charge in [0.2, 0.25) is 10.0 Å². The molecule has 2 aromatic carbocycles. The third kappa shape index (κ3) is 6.02. The van der Waals surface area contributed by atoms with E-state index in [1.807, 2.05) is 44.2 Å². The number of ether oxygens (including phenoxy) is 1. The summed E-state index contributed by atoms with van der Waals surface area (Å²) in [5, 5.41) is 6.74. The van der Waals surface area contributed by atoms with Gasteiger partial charge in [-0.25, -0.2) is 17.9 Å². The summed E-state index contributed by atoms with van der Waals surface area (Å²) in [6, 6.07) is 14.5. The highest BCUT2D eigenvalue weighted by Gasteiger charge is 2.24. The molecule has 1 heterocycles. The fourth-order valence-electron chi connectivity index (χ4n) is 3.14. The van der Waals surface area contributed by atoms with Gasteiger partial charge in [-0.2, -0.15) is 9.40 Å². The van der Waals surface area contributed by atoms with Crippen LogP contribution in [0.2, 0.25) is 5.02 Å². The fourth-order valence-corrected chi connectivity index (χ4v) is 4.52. The summed E-state index contributed by atoms with van der Waals surface area (Å²) < 4.78 is 33.9. The monoisotopic (exact) mass is 504 g/mol. The number of rotatable bonds is 9. The number of nitrogens with one attached hydrogen (secondary N) is 1. The van der Waals surface area contributed by atoms with Crippen molar-refractivity contribution in [3.63, 3.8) is 0 Å². The highest BCUT2D eigenvalue weighted by Crippen LogP contribution is 2.24. The molecule has 1 N–H and O–H groups in total. The molecule has 3 aromatic rings. The number of hydrogen-bond acceptors (Lipinski definition) is 6. The molecule has 0 bridgehead atoms. The SMILES string of the molecule is CC(C)n1nccc1NC(=O)COC(=O)c1cc(S(=O)(=O)N(C)Cc2ccccc2)ccc1Cl. The number of aromatic nitrogens is 2. The van der Waals surface area contributed by atoms with Crippen LogP contribution in [0.25, 0.3) is 0 Å². The topological polar surface area (TPSA) is 111 Å². The molecule has 1 amide bonds. The van der Waals surface area contributed by atoms with Gasteiger partial charge in [-0.05, 0) is 37.6 Å². The Hall–Kier alpha value is -3.21. The van der Waals surface area contributed by atoms with E-state index in [2.05, 4.69) is 10.4 Å². The molecule has 0 radical (unpaired) electrons. The first-order chi connectivity index (χ1) is 16.1. The largest absolute Gasteiger partial charge is 0.452 e. The molecule has 0 spiro atoms. The van der Waals surface area contributed by atoms with Crippen molar-refractivity contribution >= 4 is 39.3 Å². The molecule has 0 saturated heterocycles. The van der Waals surface area contributed by atoms with Crippen LogP contribution in [0.1, 0.15) is 35.8 Å². The maximum absolute atomic E-state index is 13.0. The fraction of sp³-hybridized carbons (Fsp3) is 0.261. The van der Waals surface area contributed by atoms with E-state index < -0.39 is 28.5 Å². The summed E-state index contributed by atoms with van der Waals surface area (Å²) in [7, 11) is -2.46. The first-order valence-electron chi connectivity index (χ1n) is 10.4. The van der Waals surface area contributed by atoms with E-state index in [-0.39, 0.29) is 28.1 Å². The Morgan fingerprint density at radius 2 is 1.85 bits per heavy atom. The number of nitrogens with zero attached hydrogens (tertiary/aromatic N) is 3. The molecule has 0 fully saturated rings. The van der Waals surface area contributed by atoms with Gasteiger partial charge < -0.3 is 10.1 Å². The molecular formula is C23H25ClN4O5S. The van der Waals surface area contributed by atoms with Crippen molar-refractivity contribution < 1.29 is 22.7 Å². The second-order valence-electron chi connectivity index (χ2n) is 7.77. The Kier molecular flexibility index (Phi) is 8.08. The van der Waals surface area contributed by atoms with Crippen LogP contribution < -0.4 is 5.32 Å². The van der Waals surface area contributed by atoms with Gasteiger partial charge in [0, 0.05) is 25.7 Å². The van der Waals surface area contributed by atoms with Crippen LogP contribution in [0.5, 0.6) is 0 Å². The van der Waals surface area contributed by atoms with E-state index in [1.165, 1.54) is 23.5 Å². The van der Waals surface area contributed by atoms with Gasteiger partial charge in [-0.15, -0.1) is 0 Å². The van der Waals surface area contributed by atoms with Gasteiger partial charge in [0.25, 0.3) is 5.91 Å². The second kappa shape index (κ2) is 10.8. The van der Waals surface area contributed by atoms with Crippen molar-refractivity contribution in [1.29, 1.82) is 0 Å². The average molecular weight is 505 g/mol. The predicted octanol–water partition coefficient (Wildman–Crippen LogP) is 3.73. The number of hydrogen-bond donors (Lipinski definition) is 1. The molecule has 3 rings (SSSR count). The van der Waals surface area contributed by atoms with Crippen LogP contribution >= 0.6 is 11.6 Å². The Balaban J connectivity index is 1.69. The zero-order chi connectivity index (χ0) is 24.9. The molecule has 34 heavy (non-hydrogen) atoms. The van der Waals surface area contributed by atoms with E-state index >= 15 is 0 Å². The number of anilines is 1. The smallest absolute Gasteiger partial charge is 0.340 e. The lowest BCUT2D eigenvalue weighted by atomic mass is 10.2. The van der Waals surface area contributed by atoms with E-state index in [9.17, 15) is 18.0 Å². The summed E-state index contributed by atoms with van der Waals surface area (Å²) in [6.45, 7) is 3.38. The Morgan fingerprint density at radius 1 is 1.15 bits per heavy atom. The minimum absolute atomic E-state index is 0.00737. The number of sulfonamides is 1. The standard InChI is InChI=1S/C23H25ClN4O5S/c1-16(2)28-21(11-12-25-28)26-22(29)15-33-23(30)19-13-18(9-10-20(19)24)34(31,32)27(3)14-17-7-5-4-6-8-17/h4-13,16H,14-15H2,1-3H3,(H,26,29). The first-order valence-corrected chi connectivity index (χ1v) is 12.2. The van der Waals surface area contributed by atoms with Crippen molar-refractivity contribution in [2.24, 2.45) is 0 Å². The Morgan fingerprint density at radius 3 is 2.53 bits per heavy atom. The minimum atomic E-state index is -3.91. The van der Waals surface area contributed by atoms with Gasteiger partial charge in [0.15, 0.2) is 6.61 Å². The molecular weight excluding hydrogens is 480 g/mol. The van der Waals surface area contributed by atoms with Gasteiger partial charge in [-0.1, -0.05) is 41.9 Å². The molecule has 0 aliphatic heterocycles. The summed E-state index contributed by atoms with van der Waals surface area (Å²) in [5.74, 6) is -1.03. The zero-order valence-electron chi connectivity index (χ0n) is 18.9. The van der Waals surface area contributed by atoms with Crippen molar-refractivity contribution in [3.05, 3.63) is 76.9 Å². The zero-order valence-corrected chi connectivity index (χ0v) is 20.5. The molecule has 0 unspecified atom stereocenters. The molecule has 0 aliphatic rings. The van der Waals surface area contributed by atoms with Crippen LogP contribution in [0.4, 0.5) is 5.82 Å². The number of carbonyl (C=O) groups excluding carboxylic acids is 2. The van der Waals surface area contributed by atoms with Crippen LogP contribution in [0.3, 0.4) is 0 Å². The van der Waals surface area contributed by atoms with Gasteiger partial charge in [-0.3, -0.25) is 4.79 Å². The number of carbonyl (C=O) groups is 2. The molecule has 0 saturated carbocycles. The van der Waals surface area contributed by atoms with Crippen LogP contribution in [-0.2, 0) is 26.1 Å². The normalized spacial score (nSPS) is 11.6. The Bertz CT molecular complexity index is 1280. The summed E-state index contributed by atoms with van der Waals surface area (Å²) in [5.41, 5.74) is 0.655. The summed E-state index contributed by atoms with van der Waals surface area (Å²) in [6.07, 6.45) is 1.54. The number of amides is 1. The number of benzene rings is 2. The quantitative estimate of drug-likeness (QED) is 0.444. The van der Waals surface area contributed by atoms with Gasteiger partial charge in [0.1, 0.15) is 5.82 Å². The van der Waals surface area contributed by atoms with E-state index in [1.54, 1.807) is 16.9 Å². The average Bonchev–Trinajstić information content (AvgIpc) is 3.26. The highest BCUT2D eigenvalue weighted by atomic mass is 35.5. The second-order valence-corrected chi connectivity index (χ2v) is 10.2.